The fourth-order valence-corrected chi connectivity index (χ4v) is 1.75. The fourth-order valence-electron chi connectivity index (χ4n) is 1.75. The first-order chi connectivity index (χ1) is 7.14. The predicted molar refractivity (Wildman–Crippen MR) is 53.8 cm³/mol. The summed E-state index contributed by atoms with van der Waals surface area (Å²) in [6.45, 7) is 2.11. The number of carbonyl (C=O) groups excluding carboxylic acids is 1. The van der Waals surface area contributed by atoms with Crippen LogP contribution in [-0.4, -0.2) is 23.3 Å². The van der Waals surface area contributed by atoms with E-state index < -0.39 is 5.54 Å². The first-order valence-electron chi connectivity index (χ1n) is 4.67. The molecular formula is C11H11NO3. The number of fused-ring (bicyclic) bond motifs is 1. The number of aromatic hydroxyl groups is 1. The molecule has 2 rings (SSSR count). The molecule has 78 valence electrons. The van der Waals surface area contributed by atoms with Gasteiger partial charge in [0.1, 0.15) is 12.1 Å². The molecule has 0 fully saturated rings. The lowest BCUT2D eigenvalue weighted by Crippen LogP contribution is -2.36. The maximum atomic E-state index is 10.3. The number of ether oxygens (including phenoxy) is 1. The zero-order chi connectivity index (χ0) is 10.9. The number of aliphatic imine (C=N–C) groups is 1. The van der Waals surface area contributed by atoms with Gasteiger partial charge >= 0.3 is 0 Å². The molecule has 0 aliphatic carbocycles. The summed E-state index contributed by atoms with van der Waals surface area (Å²) in [7, 11) is 0. The highest BCUT2D eigenvalue weighted by molar-refractivity contribution is 5.48. The smallest absolute Gasteiger partial charge is 0.235 e. The third-order valence-electron chi connectivity index (χ3n) is 2.49. The number of hydrogen-bond donors (Lipinski definition) is 1. The molecule has 4 heteroatoms. The number of phenolic OH excluding ortho intramolecular Hbond substituents is 1. The molecule has 15 heavy (non-hydrogen) atoms. The molecule has 0 radical (unpaired) electrons. The van der Waals surface area contributed by atoms with Crippen LogP contribution in [0.3, 0.4) is 0 Å². The van der Waals surface area contributed by atoms with Gasteiger partial charge < -0.3 is 9.84 Å². The Kier molecular flexibility index (Phi) is 2.21. The van der Waals surface area contributed by atoms with Crippen molar-refractivity contribution in [2.24, 2.45) is 4.99 Å². The SMILES string of the molecule is CC1(N=C=O)COc2c(O)cccc2C1. The van der Waals surface area contributed by atoms with Gasteiger partial charge in [0, 0.05) is 12.0 Å². The molecule has 1 aromatic rings. The van der Waals surface area contributed by atoms with Gasteiger partial charge in [0.25, 0.3) is 0 Å². The molecule has 1 heterocycles. The number of nitrogens with zero attached hydrogens (tertiary/aromatic N) is 1. The van der Waals surface area contributed by atoms with Crippen molar-refractivity contribution >= 4 is 6.08 Å². The lowest BCUT2D eigenvalue weighted by atomic mass is 9.91. The third kappa shape index (κ3) is 1.72. The molecule has 1 aliphatic rings. The normalized spacial score (nSPS) is 23.5. The average molecular weight is 205 g/mol. The van der Waals surface area contributed by atoms with Crippen molar-refractivity contribution in [3.8, 4) is 11.5 Å². The summed E-state index contributed by atoms with van der Waals surface area (Å²) in [6.07, 6.45) is 2.13. The van der Waals surface area contributed by atoms with Crippen LogP contribution in [0.2, 0.25) is 0 Å². The van der Waals surface area contributed by atoms with E-state index in [9.17, 15) is 9.90 Å². The molecule has 0 saturated carbocycles. The first-order valence-corrected chi connectivity index (χ1v) is 4.67. The minimum absolute atomic E-state index is 0.129. The summed E-state index contributed by atoms with van der Waals surface area (Å²) in [5.74, 6) is 0.626. The summed E-state index contributed by atoms with van der Waals surface area (Å²) in [5.41, 5.74) is 0.297. The van der Waals surface area contributed by atoms with E-state index in [1.165, 1.54) is 0 Å². The van der Waals surface area contributed by atoms with Crippen LogP contribution in [0.15, 0.2) is 23.2 Å². The van der Waals surface area contributed by atoms with Crippen LogP contribution in [0.4, 0.5) is 0 Å². The summed E-state index contributed by atoms with van der Waals surface area (Å²) in [5, 5.41) is 9.52. The average Bonchev–Trinajstić information content (AvgIpc) is 2.17. The van der Waals surface area contributed by atoms with Gasteiger partial charge in [-0.3, -0.25) is 0 Å². The van der Waals surface area contributed by atoms with Crippen molar-refractivity contribution in [2.45, 2.75) is 18.9 Å². The van der Waals surface area contributed by atoms with Gasteiger partial charge in [-0.05, 0) is 13.0 Å². The molecule has 0 bridgehead atoms. The molecule has 1 atom stereocenters. The standard InChI is InChI=1S/C11H11NO3/c1-11(12-7-13)5-8-3-2-4-9(14)10(8)15-6-11/h2-4,14H,5-6H2,1H3. The van der Waals surface area contributed by atoms with Crippen LogP contribution in [0.1, 0.15) is 12.5 Å². The predicted octanol–water partition coefficient (Wildman–Crippen LogP) is 1.42. The molecule has 1 aliphatic heterocycles. The van der Waals surface area contributed by atoms with Gasteiger partial charge in [-0.1, -0.05) is 12.1 Å². The van der Waals surface area contributed by atoms with Crippen LogP contribution in [0, 0.1) is 0 Å². The summed E-state index contributed by atoms with van der Waals surface area (Å²) in [4.78, 5) is 14.0. The Balaban J connectivity index is 2.39. The minimum Gasteiger partial charge on any atom is -0.504 e. The number of rotatable bonds is 1. The van der Waals surface area contributed by atoms with Crippen molar-refractivity contribution in [1.82, 2.24) is 0 Å². The zero-order valence-electron chi connectivity index (χ0n) is 8.36. The summed E-state index contributed by atoms with van der Waals surface area (Å²) >= 11 is 0. The first kappa shape index (κ1) is 9.74. The highest BCUT2D eigenvalue weighted by Crippen LogP contribution is 2.37. The van der Waals surface area contributed by atoms with Crippen LogP contribution in [0.25, 0.3) is 0 Å². The van der Waals surface area contributed by atoms with Crippen molar-refractivity contribution < 1.29 is 14.6 Å². The molecule has 1 aromatic carbocycles. The van der Waals surface area contributed by atoms with Crippen molar-refractivity contribution in [2.75, 3.05) is 6.61 Å². The highest BCUT2D eigenvalue weighted by atomic mass is 16.5. The second-order valence-corrected chi connectivity index (χ2v) is 3.93. The number of para-hydroxylation sites is 1. The quantitative estimate of drug-likeness (QED) is 0.557. The molecule has 4 nitrogen and oxygen atoms in total. The topological polar surface area (TPSA) is 58.9 Å². The molecule has 1 unspecified atom stereocenters. The third-order valence-corrected chi connectivity index (χ3v) is 2.49. The number of isocyanates is 1. The van der Waals surface area contributed by atoms with Crippen LogP contribution in [0.5, 0.6) is 11.5 Å². The number of phenols is 1. The Hall–Kier alpha value is -1.80. The van der Waals surface area contributed by atoms with Gasteiger partial charge in [-0.2, -0.15) is 4.99 Å². The number of hydrogen-bond acceptors (Lipinski definition) is 4. The van der Waals surface area contributed by atoms with E-state index in [-0.39, 0.29) is 12.4 Å². The second-order valence-electron chi connectivity index (χ2n) is 3.93. The lowest BCUT2D eigenvalue weighted by molar-refractivity contribution is 0.198. The van der Waals surface area contributed by atoms with Gasteiger partial charge in [0.15, 0.2) is 11.5 Å². The van der Waals surface area contributed by atoms with Gasteiger partial charge in [-0.25, -0.2) is 4.79 Å². The van der Waals surface area contributed by atoms with Gasteiger partial charge in [0.05, 0.1) is 0 Å². The Morgan fingerprint density at radius 1 is 1.60 bits per heavy atom. The van der Waals surface area contributed by atoms with Gasteiger partial charge in [-0.15, -0.1) is 0 Å². The Morgan fingerprint density at radius 3 is 3.13 bits per heavy atom. The van der Waals surface area contributed by atoms with E-state index in [2.05, 4.69) is 4.99 Å². The molecule has 0 aromatic heterocycles. The van der Waals surface area contributed by atoms with Crippen LogP contribution >= 0.6 is 0 Å². The van der Waals surface area contributed by atoms with Crippen LogP contribution in [-0.2, 0) is 11.2 Å². The van der Waals surface area contributed by atoms with E-state index in [0.717, 1.165) is 5.56 Å². The Labute approximate surface area is 87.2 Å². The molecule has 0 amide bonds. The van der Waals surface area contributed by atoms with Crippen molar-refractivity contribution in [1.29, 1.82) is 0 Å². The molecular weight excluding hydrogens is 194 g/mol. The van der Waals surface area contributed by atoms with Gasteiger partial charge in [0.2, 0.25) is 6.08 Å². The summed E-state index contributed by atoms with van der Waals surface area (Å²) in [6, 6.07) is 5.17. The van der Waals surface area contributed by atoms with Crippen molar-refractivity contribution in [3.05, 3.63) is 23.8 Å². The largest absolute Gasteiger partial charge is 0.504 e. The van der Waals surface area contributed by atoms with E-state index in [4.69, 9.17) is 4.74 Å². The zero-order valence-corrected chi connectivity index (χ0v) is 8.36. The van der Waals surface area contributed by atoms with E-state index in [1.807, 2.05) is 13.0 Å². The molecule has 0 saturated heterocycles. The minimum atomic E-state index is -0.567. The maximum Gasteiger partial charge on any atom is 0.235 e. The van der Waals surface area contributed by atoms with E-state index >= 15 is 0 Å². The maximum absolute atomic E-state index is 10.3. The van der Waals surface area contributed by atoms with E-state index in [0.29, 0.717) is 12.2 Å². The van der Waals surface area contributed by atoms with Crippen LogP contribution < -0.4 is 4.74 Å². The molecule has 0 spiro atoms. The number of benzene rings is 1. The van der Waals surface area contributed by atoms with Crippen molar-refractivity contribution in [3.63, 3.8) is 0 Å². The monoisotopic (exact) mass is 205 g/mol. The highest BCUT2D eigenvalue weighted by Gasteiger charge is 2.32. The second kappa shape index (κ2) is 3.41. The summed E-state index contributed by atoms with van der Waals surface area (Å²) < 4.78 is 5.40. The fraction of sp³-hybridized carbons (Fsp3) is 0.364. The Bertz CT molecular complexity index is 437. The molecule has 1 N–H and O–H groups in total. The van der Waals surface area contributed by atoms with E-state index in [1.54, 1.807) is 18.2 Å². The lowest BCUT2D eigenvalue weighted by Gasteiger charge is -2.30. The Morgan fingerprint density at radius 2 is 2.40 bits per heavy atom.